The van der Waals surface area contributed by atoms with Crippen molar-refractivity contribution in [3.63, 3.8) is 0 Å². The SMILES string of the molecule is COc1cc(CN2C(=O)C(F)(F)c3c([C@H](C)O)cccc32)ncc1Cl. The van der Waals surface area contributed by atoms with E-state index in [4.69, 9.17) is 16.3 Å². The van der Waals surface area contributed by atoms with Gasteiger partial charge in [0.05, 0.1) is 36.7 Å². The highest BCUT2D eigenvalue weighted by molar-refractivity contribution is 6.31. The Hall–Kier alpha value is -2.25. The lowest BCUT2D eigenvalue weighted by molar-refractivity contribution is -0.141. The maximum Gasteiger partial charge on any atom is 0.352 e. The van der Waals surface area contributed by atoms with Crippen molar-refractivity contribution in [1.82, 2.24) is 4.98 Å². The minimum Gasteiger partial charge on any atom is -0.495 e. The Morgan fingerprint density at radius 1 is 1.44 bits per heavy atom. The van der Waals surface area contributed by atoms with Gasteiger partial charge in [-0.25, -0.2) is 0 Å². The fraction of sp³-hybridized carbons (Fsp3) is 0.294. The average Bonchev–Trinajstić information content (AvgIpc) is 2.77. The second-order valence-electron chi connectivity index (χ2n) is 5.69. The number of alkyl halides is 2. The van der Waals surface area contributed by atoms with Gasteiger partial charge in [0.1, 0.15) is 10.8 Å². The number of carbonyl (C=O) groups is 1. The maximum atomic E-state index is 14.5. The van der Waals surface area contributed by atoms with Gasteiger partial charge in [-0.3, -0.25) is 9.78 Å². The Labute approximate surface area is 147 Å². The minimum atomic E-state index is -3.71. The largest absolute Gasteiger partial charge is 0.495 e. The molecule has 0 unspecified atom stereocenters. The zero-order chi connectivity index (χ0) is 18.4. The van der Waals surface area contributed by atoms with Crippen LogP contribution in [0.4, 0.5) is 14.5 Å². The van der Waals surface area contributed by atoms with Crippen molar-refractivity contribution in [3.05, 3.63) is 52.3 Å². The van der Waals surface area contributed by atoms with Gasteiger partial charge in [0.15, 0.2) is 0 Å². The number of nitrogens with zero attached hydrogens (tertiary/aromatic N) is 2. The molecule has 0 saturated heterocycles. The van der Waals surface area contributed by atoms with Gasteiger partial charge in [-0.2, -0.15) is 8.78 Å². The molecule has 132 valence electrons. The van der Waals surface area contributed by atoms with E-state index in [0.717, 1.165) is 4.90 Å². The zero-order valence-electron chi connectivity index (χ0n) is 13.5. The number of halogens is 3. The number of aromatic nitrogens is 1. The summed E-state index contributed by atoms with van der Waals surface area (Å²) in [5.41, 5.74) is -0.0271. The third-order valence-electron chi connectivity index (χ3n) is 4.06. The number of methoxy groups -OCH3 is 1. The van der Waals surface area contributed by atoms with Crippen molar-refractivity contribution in [2.45, 2.75) is 25.5 Å². The molecule has 0 aliphatic carbocycles. The molecule has 2 heterocycles. The van der Waals surface area contributed by atoms with Crippen LogP contribution in [-0.4, -0.2) is 23.1 Å². The molecule has 0 radical (unpaired) electrons. The summed E-state index contributed by atoms with van der Waals surface area (Å²) in [6.07, 6.45) is 0.212. The molecule has 0 spiro atoms. The fourth-order valence-corrected chi connectivity index (χ4v) is 3.06. The number of aliphatic hydroxyl groups excluding tert-OH is 1. The van der Waals surface area contributed by atoms with Crippen LogP contribution in [0.3, 0.4) is 0 Å². The summed E-state index contributed by atoms with van der Waals surface area (Å²) in [7, 11) is 1.42. The topological polar surface area (TPSA) is 62.7 Å². The molecule has 0 bridgehead atoms. The second kappa shape index (κ2) is 6.24. The van der Waals surface area contributed by atoms with E-state index in [0.29, 0.717) is 11.4 Å². The quantitative estimate of drug-likeness (QED) is 0.898. The Bertz CT molecular complexity index is 843. The molecule has 0 saturated carbocycles. The van der Waals surface area contributed by atoms with Gasteiger partial charge in [0.25, 0.3) is 0 Å². The molecule has 1 amide bonds. The van der Waals surface area contributed by atoms with Gasteiger partial charge >= 0.3 is 11.8 Å². The summed E-state index contributed by atoms with van der Waals surface area (Å²) >= 11 is 5.91. The summed E-state index contributed by atoms with van der Waals surface area (Å²) < 4.78 is 34.2. The summed E-state index contributed by atoms with van der Waals surface area (Å²) in [5, 5.41) is 10.1. The molecule has 1 aromatic heterocycles. The monoisotopic (exact) mass is 368 g/mol. The molecule has 0 fully saturated rings. The van der Waals surface area contributed by atoms with Crippen LogP contribution in [0.1, 0.15) is 29.8 Å². The van der Waals surface area contributed by atoms with Crippen molar-refractivity contribution >= 4 is 23.2 Å². The molecule has 1 aliphatic rings. The average molecular weight is 369 g/mol. The first-order valence-corrected chi connectivity index (χ1v) is 7.84. The summed E-state index contributed by atoms with van der Waals surface area (Å²) in [4.78, 5) is 17.3. The highest BCUT2D eigenvalue weighted by Crippen LogP contribution is 2.47. The van der Waals surface area contributed by atoms with Crippen LogP contribution in [0.15, 0.2) is 30.5 Å². The van der Waals surface area contributed by atoms with Crippen LogP contribution in [0.5, 0.6) is 5.75 Å². The first-order valence-electron chi connectivity index (χ1n) is 7.47. The number of anilines is 1. The Kier molecular flexibility index (Phi) is 4.38. The first kappa shape index (κ1) is 17.6. The van der Waals surface area contributed by atoms with Crippen molar-refractivity contribution in [1.29, 1.82) is 0 Å². The second-order valence-corrected chi connectivity index (χ2v) is 6.10. The Balaban J connectivity index is 2.05. The number of hydrogen-bond acceptors (Lipinski definition) is 4. The number of fused-ring (bicyclic) bond motifs is 1. The van der Waals surface area contributed by atoms with Gasteiger partial charge in [-0.15, -0.1) is 0 Å². The summed E-state index contributed by atoms with van der Waals surface area (Å²) in [6.45, 7) is 1.21. The first-order chi connectivity index (χ1) is 11.8. The smallest absolute Gasteiger partial charge is 0.352 e. The molecule has 1 atom stereocenters. The molecule has 1 aliphatic heterocycles. The van der Waals surface area contributed by atoms with Gasteiger partial charge in [0.2, 0.25) is 0 Å². The zero-order valence-corrected chi connectivity index (χ0v) is 14.2. The van der Waals surface area contributed by atoms with E-state index in [9.17, 15) is 18.7 Å². The third-order valence-corrected chi connectivity index (χ3v) is 4.34. The minimum absolute atomic E-state index is 0.0278. The molecular weight excluding hydrogens is 354 g/mol. The predicted octanol–water partition coefficient (Wildman–Crippen LogP) is 3.44. The van der Waals surface area contributed by atoms with E-state index < -0.39 is 23.5 Å². The van der Waals surface area contributed by atoms with Gasteiger partial charge < -0.3 is 14.7 Å². The van der Waals surface area contributed by atoms with E-state index in [1.54, 1.807) is 0 Å². The van der Waals surface area contributed by atoms with Gasteiger partial charge in [-0.05, 0) is 18.6 Å². The molecule has 8 heteroatoms. The number of carbonyl (C=O) groups excluding carboxylic acids is 1. The van der Waals surface area contributed by atoms with Crippen molar-refractivity contribution in [2.24, 2.45) is 0 Å². The van der Waals surface area contributed by atoms with Crippen LogP contribution < -0.4 is 9.64 Å². The molecule has 2 aromatic rings. The predicted molar refractivity (Wildman–Crippen MR) is 88.0 cm³/mol. The van der Waals surface area contributed by atoms with Gasteiger partial charge in [0, 0.05) is 12.3 Å². The van der Waals surface area contributed by atoms with Crippen molar-refractivity contribution in [2.75, 3.05) is 12.0 Å². The van der Waals surface area contributed by atoms with Gasteiger partial charge in [-0.1, -0.05) is 23.7 Å². The van der Waals surface area contributed by atoms with Crippen molar-refractivity contribution < 1.29 is 23.4 Å². The molecule has 1 aromatic carbocycles. The Morgan fingerprint density at radius 2 is 2.16 bits per heavy atom. The van der Waals surface area contributed by atoms with Crippen LogP contribution in [0.25, 0.3) is 0 Å². The highest BCUT2D eigenvalue weighted by atomic mass is 35.5. The van der Waals surface area contributed by atoms with E-state index in [-0.39, 0.29) is 22.8 Å². The lowest BCUT2D eigenvalue weighted by Crippen LogP contribution is -2.34. The van der Waals surface area contributed by atoms with Crippen LogP contribution in [0, 0.1) is 0 Å². The maximum absolute atomic E-state index is 14.5. The van der Waals surface area contributed by atoms with Crippen LogP contribution in [-0.2, 0) is 17.3 Å². The molecule has 3 rings (SSSR count). The van der Waals surface area contributed by atoms with E-state index in [2.05, 4.69) is 4.98 Å². The number of ether oxygens (including phenoxy) is 1. The Morgan fingerprint density at radius 3 is 2.80 bits per heavy atom. The lowest BCUT2D eigenvalue weighted by Gasteiger charge is -2.17. The third kappa shape index (κ3) is 2.83. The molecular formula is C17H15ClF2N2O3. The lowest BCUT2D eigenvalue weighted by atomic mass is 9.98. The normalized spacial score (nSPS) is 16.7. The summed E-state index contributed by atoms with van der Waals surface area (Å²) in [6, 6.07) is 5.83. The van der Waals surface area contributed by atoms with Crippen LogP contribution in [0.2, 0.25) is 5.02 Å². The van der Waals surface area contributed by atoms with Crippen molar-refractivity contribution in [3.8, 4) is 5.75 Å². The van der Waals surface area contributed by atoms with E-state index >= 15 is 0 Å². The molecule has 1 N–H and O–H groups in total. The number of aliphatic hydroxyl groups is 1. The highest BCUT2D eigenvalue weighted by Gasteiger charge is 2.54. The molecule has 25 heavy (non-hydrogen) atoms. The van der Waals surface area contributed by atoms with E-state index in [1.165, 1.54) is 44.5 Å². The fourth-order valence-electron chi connectivity index (χ4n) is 2.88. The van der Waals surface area contributed by atoms with Crippen LogP contribution >= 0.6 is 11.6 Å². The number of hydrogen-bond donors (Lipinski definition) is 1. The summed E-state index contributed by atoms with van der Waals surface area (Å²) in [5.74, 6) is -4.73. The standard InChI is InChI=1S/C17H15ClF2N2O3/c1-9(23)11-4-3-5-13-15(11)17(19,20)16(24)22(13)8-10-6-14(25-2)12(18)7-21-10/h3-7,9,23H,8H2,1-2H3/t9-/m0/s1. The number of rotatable bonds is 4. The number of benzene rings is 1. The molecule has 5 nitrogen and oxygen atoms in total. The van der Waals surface area contributed by atoms with E-state index in [1.807, 2.05) is 0 Å². The number of pyridine rings is 1. The number of amides is 1.